The zero-order valence-corrected chi connectivity index (χ0v) is 16.2. The van der Waals surface area contributed by atoms with Gasteiger partial charge in [0.15, 0.2) is 0 Å². The predicted octanol–water partition coefficient (Wildman–Crippen LogP) is 5.23. The quantitative estimate of drug-likeness (QED) is 0.653. The molecule has 2 aromatic rings. The van der Waals surface area contributed by atoms with Gasteiger partial charge in [-0.2, -0.15) is 0 Å². The van der Waals surface area contributed by atoms with Crippen LogP contribution in [-0.4, -0.2) is 14.9 Å². The highest BCUT2D eigenvalue weighted by atomic mass is 32.2. The van der Waals surface area contributed by atoms with Gasteiger partial charge in [-0.05, 0) is 43.7 Å². The number of aryl methyl sites for hydroxylation is 2. The molecule has 0 bridgehead atoms. The van der Waals surface area contributed by atoms with Crippen LogP contribution in [0.5, 0.6) is 0 Å². The second kappa shape index (κ2) is 8.43. The van der Waals surface area contributed by atoms with E-state index in [2.05, 4.69) is 13.0 Å². The zero-order valence-electron chi connectivity index (χ0n) is 14.6. The molecule has 0 saturated carbocycles. The Kier molecular flexibility index (Phi) is 6.28. The summed E-state index contributed by atoms with van der Waals surface area (Å²) in [6.07, 6.45) is 11.9. The third-order valence-corrected chi connectivity index (χ3v) is 7.87. The third-order valence-electron chi connectivity index (χ3n) is 4.86. The summed E-state index contributed by atoms with van der Waals surface area (Å²) in [5, 5.41) is 1.02. The van der Waals surface area contributed by atoms with Gasteiger partial charge >= 0.3 is 0 Å². The van der Waals surface area contributed by atoms with E-state index in [1.54, 1.807) is 11.3 Å². The molecular weight excluding hydrogens is 336 g/mol. The number of fused-ring (bicyclic) bond motifs is 2. The predicted molar refractivity (Wildman–Crippen MR) is 105 cm³/mol. The topological polar surface area (TPSA) is 56.0 Å². The monoisotopic (exact) mass is 364 g/mol. The van der Waals surface area contributed by atoms with E-state index in [-0.39, 0.29) is 0 Å². The summed E-state index contributed by atoms with van der Waals surface area (Å²) in [6.45, 7) is 2.23. The molecule has 132 valence electrons. The second-order valence-electron chi connectivity index (χ2n) is 6.77. The van der Waals surface area contributed by atoms with Crippen molar-refractivity contribution in [2.75, 3.05) is 11.5 Å². The summed E-state index contributed by atoms with van der Waals surface area (Å²) < 4.78 is 13.5. The average molecular weight is 365 g/mol. The van der Waals surface area contributed by atoms with Gasteiger partial charge in [-0.3, -0.25) is 4.21 Å². The Hall–Kier alpha value is -0.940. The van der Waals surface area contributed by atoms with Crippen LogP contribution in [0.2, 0.25) is 0 Å². The van der Waals surface area contributed by atoms with Gasteiger partial charge in [0.05, 0.1) is 16.5 Å². The first-order chi connectivity index (χ1) is 11.7. The minimum absolute atomic E-state index is 0.709. The van der Waals surface area contributed by atoms with Crippen LogP contribution < -0.4 is 5.73 Å². The Morgan fingerprint density at radius 2 is 1.92 bits per heavy atom. The van der Waals surface area contributed by atoms with E-state index < -0.39 is 10.8 Å². The number of nitrogens with zero attached hydrogens (tertiary/aromatic N) is 1. The molecule has 5 heteroatoms. The average Bonchev–Trinajstić information content (AvgIpc) is 2.92. The molecule has 2 N–H and O–H groups in total. The number of hydrogen-bond acceptors (Lipinski definition) is 4. The van der Waals surface area contributed by atoms with E-state index >= 15 is 0 Å². The van der Waals surface area contributed by atoms with E-state index in [0.717, 1.165) is 39.4 Å². The molecule has 0 unspecified atom stereocenters. The molecule has 2 aromatic heterocycles. The normalized spacial score (nSPS) is 15.5. The van der Waals surface area contributed by atoms with Crippen molar-refractivity contribution in [3.8, 4) is 0 Å². The molecule has 1 atom stereocenters. The molecule has 0 spiro atoms. The molecule has 0 fully saturated rings. The van der Waals surface area contributed by atoms with E-state index in [9.17, 15) is 4.21 Å². The van der Waals surface area contributed by atoms with Crippen molar-refractivity contribution in [1.82, 2.24) is 4.98 Å². The Morgan fingerprint density at radius 3 is 2.75 bits per heavy atom. The smallest absolute Gasteiger partial charge is 0.126 e. The molecule has 3 nitrogen and oxygen atoms in total. The van der Waals surface area contributed by atoms with Crippen LogP contribution in [0.25, 0.3) is 10.2 Å². The lowest BCUT2D eigenvalue weighted by Crippen LogP contribution is -2.04. The van der Waals surface area contributed by atoms with Crippen LogP contribution in [0.1, 0.15) is 69.5 Å². The van der Waals surface area contributed by atoms with Gasteiger partial charge in [0, 0.05) is 16.8 Å². The molecule has 0 radical (unpaired) electrons. The van der Waals surface area contributed by atoms with Gasteiger partial charge < -0.3 is 5.73 Å². The minimum atomic E-state index is -0.983. The minimum Gasteiger partial charge on any atom is -0.397 e. The molecule has 24 heavy (non-hydrogen) atoms. The number of pyridine rings is 1. The lowest BCUT2D eigenvalue weighted by atomic mass is 9.95. The Balaban J connectivity index is 1.68. The van der Waals surface area contributed by atoms with Crippen molar-refractivity contribution in [2.45, 2.75) is 75.3 Å². The summed E-state index contributed by atoms with van der Waals surface area (Å²) in [7, 11) is -0.983. The van der Waals surface area contributed by atoms with E-state index in [1.807, 2.05) is 0 Å². The number of rotatable bonds is 8. The number of nitrogens with two attached hydrogens (primary N) is 1. The summed E-state index contributed by atoms with van der Waals surface area (Å²) in [4.78, 5) is 5.79. The first-order valence-corrected chi connectivity index (χ1v) is 11.4. The number of anilines is 1. The van der Waals surface area contributed by atoms with Crippen molar-refractivity contribution >= 4 is 38.0 Å². The van der Waals surface area contributed by atoms with Crippen LogP contribution in [0.15, 0.2) is 10.3 Å². The lowest BCUT2D eigenvalue weighted by molar-refractivity contribution is 0.622. The fourth-order valence-electron chi connectivity index (χ4n) is 3.41. The summed E-state index contributed by atoms with van der Waals surface area (Å²) in [5.41, 5.74) is 9.59. The highest BCUT2D eigenvalue weighted by Crippen LogP contribution is 2.37. The Labute approximate surface area is 151 Å². The summed E-state index contributed by atoms with van der Waals surface area (Å²) in [6, 6.07) is 2.20. The maximum atomic E-state index is 12.7. The summed E-state index contributed by atoms with van der Waals surface area (Å²) in [5.74, 6) is 0.725. The fourth-order valence-corrected chi connectivity index (χ4v) is 6.11. The van der Waals surface area contributed by atoms with Crippen LogP contribution >= 0.6 is 11.3 Å². The van der Waals surface area contributed by atoms with Crippen molar-refractivity contribution < 1.29 is 4.21 Å². The van der Waals surface area contributed by atoms with E-state index in [4.69, 9.17) is 10.7 Å². The first-order valence-electron chi connectivity index (χ1n) is 9.30. The number of thiophene rings is 1. The number of nitrogen functional groups attached to an aromatic ring is 1. The molecular formula is C19H28N2OS2. The van der Waals surface area contributed by atoms with Gasteiger partial charge in [-0.1, -0.05) is 39.0 Å². The Bertz CT molecular complexity index is 724. The zero-order chi connectivity index (χ0) is 16.9. The molecule has 3 rings (SSSR count). The number of unbranched alkanes of at least 4 members (excludes halogenated alkanes) is 5. The van der Waals surface area contributed by atoms with Crippen LogP contribution in [-0.2, 0) is 23.6 Å². The molecule has 1 aliphatic carbocycles. The van der Waals surface area contributed by atoms with Crippen LogP contribution in [0.3, 0.4) is 0 Å². The maximum Gasteiger partial charge on any atom is 0.126 e. The lowest BCUT2D eigenvalue weighted by Gasteiger charge is -2.14. The molecule has 0 aliphatic heterocycles. The highest BCUT2D eigenvalue weighted by molar-refractivity contribution is 7.87. The second-order valence-corrected chi connectivity index (χ2v) is 9.54. The van der Waals surface area contributed by atoms with Gasteiger partial charge in [0.1, 0.15) is 9.04 Å². The highest BCUT2D eigenvalue weighted by Gasteiger charge is 2.19. The Morgan fingerprint density at radius 1 is 1.17 bits per heavy atom. The maximum absolute atomic E-state index is 12.7. The van der Waals surface area contributed by atoms with Crippen molar-refractivity contribution in [3.05, 3.63) is 17.3 Å². The van der Waals surface area contributed by atoms with Crippen molar-refractivity contribution in [3.63, 3.8) is 0 Å². The van der Waals surface area contributed by atoms with Crippen LogP contribution in [0.4, 0.5) is 5.69 Å². The third kappa shape index (κ3) is 3.99. The number of hydrogen-bond donors (Lipinski definition) is 1. The standard InChI is InChI=1S/C19H28N2OS2/c1-2-3-4-5-6-9-12-24(22)19-17(20)15-13-14-10-7-8-11-16(14)21-18(15)23-19/h13H,2-12,20H2,1H3/t24-/m1/s1. The largest absolute Gasteiger partial charge is 0.397 e. The van der Waals surface area contributed by atoms with E-state index in [1.165, 1.54) is 56.2 Å². The molecule has 2 heterocycles. The van der Waals surface area contributed by atoms with Gasteiger partial charge in [0.25, 0.3) is 0 Å². The molecule has 0 aromatic carbocycles. The first kappa shape index (κ1) is 17.9. The fraction of sp³-hybridized carbons (Fsp3) is 0.632. The number of aromatic nitrogens is 1. The van der Waals surface area contributed by atoms with E-state index in [0.29, 0.717) is 5.69 Å². The molecule has 1 aliphatic rings. The molecule has 0 amide bonds. The van der Waals surface area contributed by atoms with Crippen LogP contribution in [0, 0.1) is 0 Å². The van der Waals surface area contributed by atoms with Gasteiger partial charge in [-0.15, -0.1) is 11.3 Å². The van der Waals surface area contributed by atoms with Crippen molar-refractivity contribution in [2.24, 2.45) is 0 Å². The van der Waals surface area contributed by atoms with Gasteiger partial charge in [-0.25, -0.2) is 4.98 Å². The summed E-state index contributed by atoms with van der Waals surface area (Å²) >= 11 is 1.54. The SMILES string of the molecule is CCCCCCCC[S@@](=O)c1sc2nc3c(cc2c1N)CCCC3. The molecule has 0 saturated heterocycles. The van der Waals surface area contributed by atoms with Gasteiger partial charge in [0.2, 0.25) is 0 Å². The van der Waals surface area contributed by atoms with Crippen molar-refractivity contribution in [1.29, 1.82) is 0 Å².